The maximum absolute atomic E-state index is 10.1. The normalized spacial score (nSPS) is 9.92. The summed E-state index contributed by atoms with van der Waals surface area (Å²) in [7, 11) is 0. The van der Waals surface area contributed by atoms with Crippen molar-refractivity contribution in [2.45, 2.75) is 0 Å². The Balaban J connectivity index is 2.85. The van der Waals surface area contributed by atoms with Gasteiger partial charge in [-0.1, -0.05) is 0 Å². The zero-order chi connectivity index (χ0) is 9.26. The fraction of sp³-hybridized carbons (Fsp3) is 0. The highest BCUT2D eigenvalue weighted by Crippen LogP contribution is 2.26. The minimum atomic E-state index is 0.516. The van der Waals surface area contributed by atoms with Gasteiger partial charge in [0, 0.05) is 10.7 Å². The van der Waals surface area contributed by atoms with Crippen molar-refractivity contribution < 1.29 is 4.79 Å². The molecule has 0 saturated heterocycles. The van der Waals surface area contributed by atoms with Gasteiger partial charge >= 0.3 is 0 Å². The average molecular weight is 238 g/mol. The predicted molar refractivity (Wildman–Crippen MR) is 50.7 cm³/mol. The number of isocyanates is 1. The first kappa shape index (κ1) is 8.16. The summed E-state index contributed by atoms with van der Waals surface area (Å²) in [6.45, 7) is 0. The third-order valence-corrected chi connectivity index (χ3v) is 2.28. The number of aromatic nitrogens is 2. The van der Waals surface area contributed by atoms with Crippen LogP contribution in [-0.4, -0.2) is 15.7 Å². The Morgan fingerprint density at radius 1 is 1.62 bits per heavy atom. The first-order valence-electron chi connectivity index (χ1n) is 3.52. The molecule has 0 aliphatic rings. The highest BCUT2D eigenvalue weighted by molar-refractivity contribution is 9.10. The molecule has 0 amide bonds. The van der Waals surface area contributed by atoms with Gasteiger partial charge in [-0.15, -0.1) is 0 Å². The van der Waals surface area contributed by atoms with E-state index < -0.39 is 0 Å². The molecule has 13 heavy (non-hydrogen) atoms. The molecule has 4 nitrogen and oxygen atoms in total. The standard InChI is InChI=1S/C8H4BrN3O/c9-6-2-1-3-12-8(6)7(4-11-12)10-5-13/h1-4H. The Kier molecular flexibility index (Phi) is 1.96. The van der Waals surface area contributed by atoms with Crippen molar-refractivity contribution in [3.8, 4) is 0 Å². The molecule has 2 aromatic heterocycles. The second kappa shape index (κ2) is 3.12. The molecular formula is C8H4BrN3O. The lowest BCUT2D eigenvalue weighted by Crippen LogP contribution is -1.84. The van der Waals surface area contributed by atoms with Crippen molar-refractivity contribution in [1.82, 2.24) is 9.61 Å². The van der Waals surface area contributed by atoms with E-state index in [1.807, 2.05) is 12.1 Å². The highest BCUT2D eigenvalue weighted by Gasteiger charge is 2.05. The van der Waals surface area contributed by atoms with Crippen molar-refractivity contribution in [2.24, 2.45) is 4.99 Å². The number of hydrogen-bond acceptors (Lipinski definition) is 3. The summed E-state index contributed by atoms with van der Waals surface area (Å²) in [4.78, 5) is 13.6. The van der Waals surface area contributed by atoms with Crippen molar-refractivity contribution in [3.63, 3.8) is 0 Å². The van der Waals surface area contributed by atoms with Crippen LogP contribution in [0.5, 0.6) is 0 Å². The first-order valence-corrected chi connectivity index (χ1v) is 4.32. The van der Waals surface area contributed by atoms with Gasteiger partial charge in [0.15, 0.2) is 0 Å². The van der Waals surface area contributed by atoms with Crippen LogP contribution in [0, 0.1) is 0 Å². The maximum atomic E-state index is 10.1. The largest absolute Gasteiger partial charge is 0.240 e. The summed E-state index contributed by atoms with van der Waals surface area (Å²) in [5.41, 5.74) is 1.29. The van der Waals surface area contributed by atoms with Crippen LogP contribution in [0.15, 0.2) is 34.0 Å². The monoisotopic (exact) mass is 237 g/mol. The van der Waals surface area contributed by atoms with Crippen LogP contribution in [0.3, 0.4) is 0 Å². The number of aliphatic imine (C=N–C) groups is 1. The number of pyridine rings is 1. The molecule has 0 bridgehead atoms. The predicted octanol–water partition coefficient (Wildman–Crippen LogP) is 2.06. The Bertz CT molecular complexity index is 499. The van der Waals surface area contributed by atoms with E-state index >= 15 is 0 Å². The fourth-order valence-electron chi connectivity index (χ4n) is 1.12. The zero-order valence-electron chi connectivity index (χ0n) is 6.44. The van der Waals surface area contributed by atoms with Crippen LogP contribution in [-0.2, 0) is 4.79 Å². The maximum Gasteiger partial charge on any atom is 0.240 e. The number of carbonyl (C=O) groups excluding carboxylic acids is 1. The Morgan fingerprint density at radius 3 is 3.23 bits per heavy atom. The van der Waals surface area contributed by atoms with Crippen LogP contribution in [0.25, 0.3) is 5.52 Å². The molecule has 2 heterocycles. The summed E-state index contributed by atoms with van der Waals surface area (Å²) < 4.78 is 2.49. The Labute approximate surface area is 82.0 Å². The van der Waals surface area contributed by atoms with E-state index in [-0.39, 0.29) is 0 Å². The quantitative estimate of drug-likeness (QED) is 0.563. The van der Waals surface area contributed by atoms with Crippen LogP contribution in [0.1, 0.15) is 0 Å². The summed E-state index contributed by atoms with van der Waals surface area (Å²) in [5, 5.41) is 4.01. The molecule has 0 unspecified atom stereocenters. The van der Waals surface area contributed by atoms with Gasteiger partial charge in [-0.3, -0.25) is 0 Å². The lowest BCUT2D eigenvalue weighted by Gasteiger charge is -1.94. The van der Waals surface area contributed by atoms with Gasteiger partial charge in [0.05, 0.1) is 6.20 Å². The minimum absolute atomic E-state index is 0.516. The molecule has 0 saturated carbocycles. The van der Waals surface area contributed by atoms with E-state index in [0.717, 1.165) is 9.99 Å². The Hall–Kier alpha value is -1.45. The first-order chi connectivity index (χ1) is 6.33. The molecule has 0 aliphatic carbocycles. The third-order valence-electron chi connectivity index (χ3n) is 1.64. The van der Waals surface area contributed by atoms with Gasteiger partial charge in [0.1, 0.15) is 11.2 Å². The molecule has 0 spiro atoms. The van der Waals surface area contributed by atoms with Gasteiger partial charge in [0.25, 0.3) is 0 Å². The van der Waals surface area contributed by atoms with Crippen LogP contribution in [0.4, 0.5) is 5.69 Å². The molecule has 0 aliphatic heterocycles. The number of fused-ring (bicyclic) bond motifs is 1. The SMILES string of the molecule is O=C=Nc1cnn2cccc(Br)c12. The van der Waals surface area contributed by atoms with E-state index in [2.05, 4.69) is 26.0 Å². The van der Waals surface area contributed by atoms with Crippen molar-refractivity contribution in [1.29, 1.82) is 0 Å². The zero-order valence-corrected chi connectivity index (χ0v) is 8.02. The summed E-state index contributed by atoms with van der Waals surface area (Å²) >= 11 is 3.35. The second-order valence-electron chi connectivity index (χ2n) is 2.38. The van der Waals surface area contributed by atoms with Gasteiger partial charge < -0.3 is 0 Å². The van der Waals surface area contributed by atoms with Gasteiger partial charge in [-0.25, -0.2) is 9.31 Å². The smallest absolute Gasteiger partial charge is 0.238 e. The van der Waals surface area contributed by atoms with E-state index in [1.54, 1.807) is 10.7 Å². The summed E-state index contributed by atoms with van der Waals surface area (Å²) in [5.74, 6) is 0. The molecule has 2 aromatic rings. The molecule has 0 aromatic carbocycles. The lowest BCUT2D eigenvalue weighted by atomic mass is 10.4. The van der Waals surface area contributed by atoms with Gasteiger partial charge in [-0.05, 0) is 28.1 Å². The highest BCUT2D eigenvalue weighted by atomic mass is 79.9. The number of rotatable bonds is 1. The van der Waals surface area contributed by atoms with Crippen molar-refractivity contribution in [2.75, 3.05) is 0 Å². The van der Waals surface area contributed by atoms with Gasteiger partial charge in [-0.2, -0.15) is 10.1 Å². The summed E-state index contributed by atoms with van der Waals surface area (Å²) in [6, 6.07) is 3.71. The molecule has 0 fully saturated rings. The second-order valence-corrected chi connectivity index (χ2v) is 3.24. The molecule has 2 rings (SSSR count). The molecular weight excluding hydrogens is 234 g/mol. The molecule has 0 N–H and O–H groups in total. The number of halogens is 1. The van der Waals surface area contributed by atoms with Gasteiger partial charge in [0.2, 0.25) is 6.08 Å². The van der Waals surface area contributed by atoms with E-state index in [1.165, 1.54) is 12.3 Å². The topological polar surface area (TPSA) is 46.7 Å². The third kappa shape index (κ3) is 1.28. The van der Waals surface area contributed by atoms with E-state index in [4.69, 9.17) is 0 Å². The minimum Gasteiger partial charge on any atom is -0.238 e. The van der Waals surface area contributed by atoms with E-state index in [0.29, 0.717) is 5.69 Å². The molecule has 0 radical (unpaired) electrons. The molecule has 64 valence electrons. The average Bonchev–Trinajstić information content (AvgIpc) is 2.51. The Morgan fingerprint density at radius 2 is 2.46 bits per heavy atom. The molecule has 5 heteroatoms. The summed E-state index contributed by atoms with van der Waals surface area (Å²) in [6.07, 6.45) is 4.79. The molecule has 0 atom stereocenters. The number of nitrogens with zero attached hydrogens (tertiary/aromatic N) is 3. The van der Waals surface area contributed by atoms with Crippen LogP contribution >= 0.6 is 15.9 Å². The number of hydrogen-bond donors (Lipinski definition) is 0. The van der Waals surface area contributed by atoms with Crippen LogP contribution < -0.4 is 0 Å². The van der Waals surface area contributed by atoms with Crippen molar-refractivity contribution in [3.05, 3.63) is 29.0 Å². The lowest BCUT2D eigenvalue weighted by molar-refractivity contribution is 0.565. The van der Waals surface area contributed by atoms with Crippen molar-refractivity contribution >= 4 is 33.2 Å². The van der Waals surface area contributed by atoms with E-state index in [9.17, 15) is 4.79 Å². The fourth-order valence-corrected chi connectivity index (χ4v) is 1.65. The van der Waals surface area contributed by atoms with Crippen LogP contribution in [0.2, 0.25) is 0 Å².